The molecule has 5 nitrogen and oxygen atoms in total. The van der Waals surface area contributed by atoms with Crippen molar-refractivity contribution in [3.05, 3.63) is 22.7 Å². The number of ether oxygens (including phenoxy) is 2. The second-order valence-electron chi connectivity index (χ2n) is 5.63. The molecule has 1 amide bonds. The van der Waals surface area contributed by atoms with Crippen LogP contribution >= 0.6 is 24.0 Å². The summed E-state index contributed by atoms with van der Waals surface area (Å²) in [4.78, 5) is 12.1. The summed E-state index contributed by atoms with van der Waals surface area (Å²) in [6.45, 7) is 6.99. The van der Waals surface area contributed by atoms with Crippen molar-refractivity contribution in [3.63, 3.8) is 0 Å². The summed E-state index contributed by atoms with van der Waals surface area (Å²) >= 11 is 6.23. The zero-order valence-electron chi connectivity index (χ0n) is 14.0. The van der Waals surface area contributed by atoms with Crippen LogP contribution in [0.25, 0.3) is 0 Å². The van der Waals surface area contributed by atoms with Crippen molar-refractivity contribution in [2.75, 3.05) is 20.3 Å². The Labute approximate surface area is 149 Å². The minimum atomic E-state index is -0.244. The highest BCUT2D eigenvalue weighted by atomic mass is 35.5. The number of halogens is 2. The number of carbonyl (C=O) groups excluding carboxylic acids is 1. The number of nitrogens with one attached hydrogen (secondary N) is 1. The summed E-state index contributed by atoms with van der Waals surface area (Å²) in [5.74, 6) is 1.20. The van der Waals surface area contributed by atoms with Gasteiger partial charge in [-0.2, -0.15) is 0 Å². The lowest BCUT2D eigenvalue weighted by atomic mass is 10.1. The Hall–Kier alpha value is -1.17. The summed E-state index contributed by atoms with van der Waals surface area (Å²) in [5, 5.41) is 3.14. The zero-order chi connectivity index (χ0) is 16.7. The molecule has 0 saturated heterocycles. The van der Waals surface area contributed by atoms with Gasteiger partial charge < -0.3 is 20.5 Å². The molecule has 1 aromatic carbocycles. The lowest BCUT2D eigenvalue weighted by molar-refractivity contribution is 0.0941. The molecule has 0 aliphatic heterocycles. The monoisotopic (exact) mass is 364 g/mol. The Kier molecular flexibility index (Phi) is 10.0. The van der Waals surface area contributed by atoms with Crippen molar-refractivity contribution in [1.82, 2.24) is 5.32 Å². The van der Waals surface area contributed by atoms with Gasteiger partial charge >= 0.3 is 0 Å². The van der Waals surface area contributed by atoms with Gasteiger partial charge in [-0.15, -0.1) is 12.4 Å². The number of methoxy groups -OCH3 is 1. The van der Waals surface area contributed by atoms with E-state index in [1.54, 1.807) is 12.1 Å². The van der Waals surface area contributed by atoms with E-state index in [0.29, 0.717) is 41.2 Å². The Balaban J connectivity index is 0.00000484. The summed E-state index contributed by atoms with van der Waals surface area (Å²) < 4.78 is 11.0. The standard InChI is InChI=1S/C16H25ClN2O3.ClH/c1-10(2)5-6-22-15-13(17)7-12(8-14(15)21-4)16(20)19-11(3)9-18;/h7-8,10-11H,5-6,9,18H2,1-4H3,(H,19,20);1H/t11-;/m0./s1. The molecule has 0 fully saturated rings. The number of carbonyl (C=O) groups is 1. The van der Waals surface area contributed by atoms with Crippen molar-refractivity contribution in [2.24, 2.45) is 11.7 Å². The topological polar surface area (TPSA) is 73.6 Å². The van der Waals surface area contributed by atoms with Gasteiger partial charge in [0.1, 0.15) is 0 Å². The van der Waals surface area contributed by atoms with Gasteiger partial charge in [0.25, 0.3) is 5.91 Å². The lowest BCUT2D eigenvalue weighted by Gasteiger charge is -2.16. The Morgan fingerprint density at radius 3 is 2.52 bits per heavy atom. The number of amides is 1. The van der Waals surface area contributed by atoms with Crippen LogP contribution in [0, 0.1) is 5.92 Å². The van der Waals surface area contributed by atoms with Crippen LogP contribution in [-0.2, 0) is 0 Å². The summed E-state index contributed by atoms with van der Waals surface area (Å²) in [5.41, 5.74) is 5.92. The smallest absolute Gasteiger partial charge is 0.251 e. The second kappa shape index (κ2) is 10.6. The molecule has 0 spiro atoms. The third-order valence-corrected chi connectivity index (χ3v) is 3.45. The first-order valence-corrected chi connectivity index (χ1v) is 7.78. The van der Waals surface area contributed by atoms with Gasteiger partial charge in [0.05, 0.1) is 18.7 Å². The van der Waals surface area contributed by atoms with E-state index in [-0.39, 0.29) is 24.4 Å². The molecule has 3 N–H and O–H groups in total. The van der Waals surface area contributed by atoms with Gasteiger partial charge in [0, 0.05) is 18.2 Å². The Bertz CT molecular complexity index is 510. The first-order valence-electron chi connectivity index (χ1n) is 7.40. The highest BCUT2D eigenvalue weighted by Crippen LogP contribution is 2.36. The first kappa shape index (κ1) is 21.8. The fourth-order valence-electron chi connectivity index (χ4n) is 1.75. The van der Waals surface area contributed by atoms with Gasteiger partial charge in [0.15, 0.2) is 11.5 Å². The van der Waals surface area contributed by atoms with E-state index in [2.05, 4.69) is 19.2 Å². The molecule has 0 bridgehead atoms. The number of hydrogen-bond acceptors (Lipinski definition) is 4. The zero-order valence-corrected chi connectivity index (χ0v) is 15.6. The predicted octanol–water partition coefficient (Wildman–Crippen LogP) is 3.27. The number of nitrogens with two attached hydrogens (primary N) is 1. The maximum atomic E-state index is 12.1. The summed E-state index contributed by atoms with van der Waals surface area (Å²) in [7, 11) is 1.52. The molecule has 0 unspecified atom stereocenters. The SMILES string of the molecule is COc1cc(C(=O)N[C@@H](C)CN)cc(Cl)c1OCCC(C)C.Cl. The first-order chi connectivity index (χ1) is 10.4. The van der Waals surface area contributed by atoms with Crippen LogP contribution < -0.4 is 20.5 Å². The Morgan fingerprint density at radius 2 is 2.00 bits per heavy atom. The molecule has 0 heterocycles. The van der Waals surface area contributed by atoms with Crippen LogP contribution in [0.3, 0.4) is 0 Å². The van der Waals surface area contributed by atoms with Crippen molar-refractivity contribution in [3.8, 4) is 11.5 Å². The van der Waals surface area contributed by atoms with Crippen LogP contribution in [0.4, 0.5) is 0 Å². The predicted molar refractivity (Wildman–Crippen MR) is 96.2 cm³/mol. The van der Waals surface area contributed by atoms with Crippen molar-refractivity contribution >= 4 is 29.9 Å². The van der Waals surface area contributed by atoms with Gasteiger partial charge in [-0.3, -0.25) is 4.79 Å². The number of rotatable bonds is 8. The van der Waals surface area contributed by atoms with Crippen molar-refractivity contribution in [2.45, 2.75) is 33.2 Å². The minimum absolute atomic E-state index is 0. The van der Waals surface area contributed by atoms with Crippen LogP contribution in [0.5, 0.6) is 11.5 Å². The molecule has 1 rings (SSSR count). The van der Waals surface area contributed by atoms with E-state index in [4.69, 9.17) is 26.8 Å². The van der Waals surface area contributed by atoms with Gasteiger partial charge in [-0.05, 0) is 31.4 Å². The molecule has 0 radical (unpaired) electrons. The number of hydrogen-bond donors (Lipinski definition) is 2. The molecular formula is C16H26Cl2N2O3. The third kappa shape index (κ3) is 6.85. The molecule has 23 heavy (non-hydrogen) atoms. The normalized spacial score (nSPS) is 11.6. The molecule has 0 aliphatic carbocycles. The van der Waals surface area contributed by atoms with E-state index < -0.39 is 0 Å². The van der Waals surface area contributed by atoms with E-state index in [9.17, 15) is 4.79 Å². The largest absolute Gasteiger partial charge is 0.493 e. The third-order valence-electron chi connectivity index (χ3n) is 3.16. The van der Waals surface area contributed by atoms with Crippen molar-refractivity contribution < 1.29 is 14.3 Å². The van der Waals surface area contributed by atoms with Crippen molar-refractivity contribution in [1.29, 1.82) is 0 Å². The molecule has 0 saturated carbocycles. The second-order valence-corrected chi connectivity index (χ2v) is 6.04. The quantitative estimate of drug-likeness (QED) is 0.742. The molecule has 132 valence electrons. The molecular weight excluding hydrogens is 339 g/mol. The van der Waals surface area contributed by atoms with E-state index in [1.165, 1.54) is 7.11 Å². The average molecular weight is 365 g/mol. The maximum absolute atomic E-state index is 12.1. The molecule has 0 aromatic heterocycles. The highest BCUT2D eigenvalue weighted by Gasteiger charge is 2.17. The molecule has 0 aliphatic rings. The van der Waals surface area contributed by atoms with Gasteiger partial charge in [-0.1, -0.05) is 25.4 Å². The van der Waals surface area contributed by atoms with E-state index in [0.717, 1.165) is 6.42 Å². The molecule has 1 atom stereocenters. The highest BCUT2D eigenvalue weighted by molar-refractivity contribution is 6.32. The van der Waals surface area contributed by atoms with Crippen LogP contribution in [0.1, 0.15) is 37.6 Å². The average Bonchev–Trinajstić information content (AvgIpc) is 2.47. The van der Waals surface area contributed by atoms with Crippen LogP contribution in [0.15, 0.2) is 12.1 Å². The summed E-state index contributed by atoms with van der Waals surface area (Å²) in [6.07, 6.45) is 0.912. The maximum Gasteiger partial charge on any atom is 0.251 e. The molecule has 1 aromatic rings. The van der Waals surface area contributed by atoms with E-state index >= 15 is 0 Å². The van der Waals surface area contributed by atoms with Crippen LogP contribution in [-0.4, -0.2) is 32.2 Å². The Morgan fingerprint density at radius 1 is 1.35 bits per heavy atom. The van der Waals surface area contributed by atoms with Gasteiger partial charge in [0.2, 0.25) is 0 Å². The fraction of sp³-hybridized carbons (Fsp3) is 0.562. The number of benzene rings is 1. The fourth-order valence-corrected chi connectivity index (χ4v) is 2.02. The molecule has 7 heteroatoms. The lowest BCUT2D eigenvalue weighted by Crippen LogP contribution is -2.37. The summed E-state index contributed by atoms with van der Waals surface area (Å²) in [6, 6.07) is 3.09. The van der Waals surface area contributed by atoms with Crippen LogP contribution in [0.2, 0.25) is 5.02 Å². The minimum Gasteiger partial charge on any atom is -0.493 e. The van der Waals surface area contributed by atoms with E-state index in [1.807, 2.05) is 6.92 Å². The van der Waals surface area contributed by atoms with Gasteiger partial charge in [-0.25, -0.2) is 0 Å².